The van der Waals surface area contributed by atoms with Gasteiger partial charge in [0.2, 0.25) is 0 Å². The third kappa shape index (κ3) is 5.70. The average molecular weight is 483 g/mol. The molecule has 1 N–H and O–H groups in total. The van der Waals surface area contributed by atoms with Gasteiger partial charge in [-0.05, 0) is 61.4 Å². The number of nitrogens with one attached hydrogen (secondary N) is 1. The van der Waals surface area contributed by atoms with Crippen LogP contribution in [0.3, 0.4) is 0 Å². The monoisotopic (exact) mass is 482 g/mol. The van der Waals surface area contributed by atoms with Crippen molar-refractivity contribution >= 4 is 17.3 Å². The lowest BCUT2D eigenvalue weighted by molar-refractivity contribution is -0.385. The van der Waals surface area contributed by atoms with E-state index in [0.717, 1.165) is 11.1 Å². The molecule has 0 aliphatic carbocycles. The number of nitro groups is 1. The minimum atomic E-state index is -0.469. The van der Waals surface area contributed by atoms with Crippen LogP contribution in [0.1, 0.15) is 28.4 Å². The summed E-state index contributed by atoms with van der Waals surface area (Å²) < 4.78 is 11.7. The number of nitro benzene ring substituents is 1. The van der Waals surface area contributed by atoms with Crippen LogP contribution in [0, 0.1) is 17.0 Å². The van der Waals surface area contributed by atoms with Crippen molar-refractivity contribution in [1.82, 2.24) is 0 Å². The molecule has 7 heteroatoms. The fourth-order valence-corrected chi connectivity index (χ4v) is 3.82. The number of anilines is 1. The minimum Gasteiger partial charge on any atom is -0.493 e. The second-order valence-corrected chi connectivity index (χ2v) is 8.10. The van der Waals surface area contributed by atoms with E-state index in [4.69, 9.17) is 9.47 Å². The maximum absolute atomic E-state index is 13.0. The second-order valence-electron chi connectivity index (χ2n) is 8.10. The van der Waals surface area contributed by atoms with Gasteiger partial charge in [0.1, 0.15) is 18.1 Å². The van der Waals surface area contributed by atoms with Crippen LogP contribution in [-0.2, 0) is 6.61 Å². The highest BCUT2D eigenvalue weighted by Gasteiger charge is 2.17. The summed E-state index contributed by atoms with van der Waals surface area (Å²) in [6.07, 6.45) is 0. The molecule has 0 spiro atoms. The van der Waals surface area contributed by atoms with Crippen molar-refractivity contribution < 1.29 is 19.2 Å². The zero-order valence-electron chi connectivity index (χ0n) is 20.1. The van der Waals surface area contributed by atoms with Gasteiger partial charge >= 0.3 is 0 Å². The van der Waals surface area contributed by atoms with E-state index in [1.54, 1.807) is 37.3 Å². The quantitative estimate of drug-likeness (QED) is 0.209. The van der Waals surface area contributed by atoms with Gasteiger partial charge in [-0.25, -0.2) is 0 Å². The van der Waals surface area contributed by atoms with E-state index in [-0.39, 0.29) is 18.2 Å². The molecular formula is C29H26N2O5. The van der Waals surface area contributed by atoms with E-state index >= 15 is 0 Å². The van der Waals surface area contributed by atoms with E-state index in [0.29, 0.717) is 40.5 Å². The number of amides is 1. The number of carbonyl (C=O) groups is 1. The lowest BCUT2D eigenvalue weighted by atomic mass is 10.1. The summed E-state index contributed by atoms with van der Waals surface area (Å²) in [5.74, 6) is 0.941. The maximum atomic E-state index is 13.0. The molecule has 0 bridgehead atoms. The topological polar surface area (TPSA) is 90.7 Å². The molecule has 1 amide bonds. The van der Waals surface area contributed by atoms with Crippen molar-refractivity contribution in [3.63, 3.8) is 0 Å². The van der Waals surface area contributed by atoms with E-state index < -0.39 is 4.92 Å². The minimum absolute atomic E-state index is 0.0492. The normalized spacial score (nSPS) is 10.5. The van der Waals surface area contributed by atoms with Crippen LogP contribution in [0.2, 0.25) is 0 Å². The summed E-state index contributed by atoms with van der Waals surface area (Å²) >= 11 is 0. The van der Waals surface area contributed by atoms with Crippen molar-refractivity contribution in [2.24, 2.45) is 0 Å². The fraction of sp³-hybridized carbons (Fsp3) is 0.138. The molecule has 4 aromatic rings. The first-order valence-corrected chi connectivity index (χ1v) is 11.6. The van der Waals surface area contributed by atoms with Crippen LogP contribution in [0.4, 0.5) is 11.4 Å². The fourth-order valence-electron chi connectivity index (χ4n) is 3.82. The number of ether oxygens (including phenoxy) is 2. The Morgan fingerprint density at radius 3 is 2.31 bits per heavy atom. The lowest BCUT2D eigenvalue weighted by Crippen LogP contribution is -2.14. The first kappa shape index (κ1) is 24.5. The molecular weight excluding hydrogens is 456 g/mol. The predicted octanol–water partition coefficient (Wildman–Crippen LogP) is 6.80. The smallest absolute Gasteiger partial charge is 0.274 e. The van der Waals surface area contributed by atoms with Gasteiger partial charge in [0, 0.05) is 17.2 Å². The van der Waals surface area contributed by atoms with E-state index in [1.807, 2.05) is 49.4 Å². The molecule has 0 radical (unpaired) electrons. The molecule has 182 valence electrons. The molecule has 0 unspecified atom stereocenters. The summed E-state index contributed by atoms with van der Waals surface area (Å²) in [4.78, 5) is 23.7. The second kappa shape index (κ2) is 11.2. The Labute approximate surface area is 209 Å². The van der Waals surface area contributed by atoms with Gasteiger partial charge in [-0.15, -0.1) is 0 Å². The van der Waals surface area contributed by atoms with Crippen LogP contribution in [0.25, 0.3) is 11.1 Å². The molecule has 0 aliphatic rings. The molecule has 4 rings (SSSR count). The Morgan fingerprint density at radius 2 is 1.61 bits per heavy atom. The van der Waals surface area contributed by atoms with E-state index in [1.165, 1.54) is 6.07 Å². The van der Waals surface area contributed by atoms with Crippen LogP contribution in [0.5, 0.6) is 11.5 Å². The molecule has 7 nitrogen and oxygen atoms in total. The Morgan fingerprint density at radius 1 is 0.889 bits per heavy atom. The molecule has 4 aromatic carbocycles. The first-order chi connectivity index (χ1) is 17.5. The molecule has 0 saturated heterocycles. The van der Waals surface area contributed by atoms with E-state index in [2.05, 4.69) is 17.4 Å². The number of hydrogen-bond acceptors (Lipinski definition) is 5. The summed E-state index contributed by atoms with van der Waals surface area (Å²) in [6.45, 7) is 4.17. The standard InChI is InChI=1S/C29H26N2O5/c1-3-35-28-17-14-23(29(32)30-26-10-7-11-27(20(26)2)31(33)34)18-24(28)19-36-25-15-12-22(13-16-25)21-8-5-4-6-9-21/h4-18H,3,19H2,1-2H3,(H,30,32). The number of carbonyl (C=O) groups excluding carboxylic acids is 1. The number of rotatable bonds is 9. The highest BCUT2D eigenvalue weighted by Crippen LogP contribution is 2.28. The van der Waals surface area contributed by atoms with Gasteiger partial charge in [0.15, 0.2) is 0 Å². The molecule has 0 aliphatic heterocycles. The Hall–Kier alpha value is -4.65. The van der Waals surface area contributed by atoms with Gasteiger partial charge in [-0.1, -0.05) is 48.5 Å². The van der Waals surface area contributed by atoms with Crippen LogP contribution in [0.15, 0.2) is 91.0 Å². The van der Waals surface area contributed by atoms with Gasteiger partial charge < -0.3 is 14.8 Å². The summed E-state index contributed by atoms with van der Waals surface area (Å²) in [7, 11) is 0. The highest BCUT2D eigenvalue weighted by molar-refractivity contribution is 6.05. The third-order valence-corrected chi connectivity index (χ3v) is 5.73. The lowest BCUT2D eigenvalue weighted by Gasteiger charge is -2.14. The largest absolute Gasteiger partial charge is 0.493 e. The molecule has 0 atom stereocenters. The van der Waals surface area contributed by atoms with Crippen molar-refractivity contribution in [1.29, 1.82) is 0 Å². The van der Waals surface area contributed by atoms with Gasteiger partial charge in [0.05, 0.1) is 22.8 Å². The number of hydrogen-bond donors (Lipinski definition) is 1. The van der Waals surface area contributed by atoms with E-state index in [9.17, 15) is 14.9 Å². The van der Waals surface area contributed by atoms with Crippen LogP contribution < -0.4 is 14.8 Å². The Bertz CT molecular complexity index is 1370. The third-order valence-electron chi connectivity index (χ3n) is 5.73. The average Bonchev–Trinajstić information content (AvgIpc) is 2.90. The molecule has 0 aromatic heterocycles. The zero-order chi connectivity index (χ0) is 25.5. The molecule has 0 saturated carbocycles. The Kier molecular flexibility index (Phi) is 7.60. The zero-order valence-corrected chi connectivity index (χ0v) is 20.1. The van der Waals surface area contributed by atoms with Crippen molar-refractivity contribution in [3.8, 4) is 22.6 Å². The summed E-state index contributed by atoms with van der Waals surface area (Å²) in [5, 5.41) is 14.0. The SMILES string of the molecule is CCOc1ccc(C(=O)Nc2cccc([N+](=O)[O-])c2C)cc1COc1ccc(-c2ccccc2)cc1. The predicted molar refractivity (Wildman–Crippen MR) is 140 cm³/mol. The van der Waals surface area contributed by atoms with Crippen molar-refractivity contribution in [3.05, 3.63) is 118 Å². The molecule has 36 heavy (non-hydrogen) atoms. The molecule has 0 heterocycles. The highest BCUT2D eigenvalue weighted by atomic mass is 16.6. The number of nitrogens with zero attached hydrogens (tertiary/aromatic N) is 1. The number of benzene rings is 4. The van der Waals surface area contributed by atoms with Crippen LogP contribution in [-0.4, -0.2) is 17.4 Å². The first-order valence-electron chi connectivity index (χ1n) is 11.6. The van der Waals surface area contributed by atoms with Crippen LogP contribution >= 0.6 is 0 Å². The van der Waals surface area contributed by atoms with Gasteiger partial charge in [-0.2, -0.15) is 0 Å². The maximum Gasteiger partial charge on any atom is 0.274 e. The van der Waals surface area contributed by atoms with Crippen molar-refractivity contribution in [2.75, 3.05) is 11.9 Å². The van der Waals surface area contributed by atoms with Gasteiger partial charge in [-0.3, -0.25) is 14.9 Å². The molecule has 0 fully saturated rings. The summed E-state index contributed by atoms with van der Waals surface area (Å²) in [5.41, 5.74) is 4.05. The Balaban J connectivity index is 1.50. The summed E-state index contributed by atoms with van der Waals surface area (Å²) in [6, 6.07) is 27.6. The van der Waals surface area contributed by atoms with Crippen molar-refractivity contribution in [2.45, 2.75) is 20.5 Å². The van der Waals surface area contributed by atoms with Gasteiger partial charge in [0.25, 0.3) is 11.6 Å².